The smallest absolute Gasteiger partial charge is 0.155 e. The van der Waals surface area contributed by atoms with Gasteiger partial charge in [0, 0.05) is 41.5 Å². The summed E-state index contributed by atoms with van der Waals surface area (Å²) in [5.74, 6) is -0.213. The summed E-state index contributed by atoms with van der Waals surface area (Å²) < 4.78 is 39.8. The molecule has 3 aromatic carbocycles. The highest BCUT2D eigenvalue weighted by atomic mass is 32.2. The molecule has 0 saturated carbocycles. The molecule has 1 aromatic heterocycles. The Bertz CT molecular complexity index is 1610. The van der Waals surface area contributed by atoms with Crippen LogP contribution < -0.4 is 4.90 Å². The number of nitrogens with zero attached hydrogens (tertiary/aromatic N) is 1. The predicted molar refractivity (Wildman–Crippen MR) is 150 cm³/mol. The molecular formula is C31H33FN2O2S. The van der Waals surface area contributed by atoms with E-state index in [1.165, 1.54) is 31.2 Å². The van der Waals surface area contributed by atoms with Gasteiger partial charge in [-0.05, 0) is 65.5 Å². The van der Waals surface area contributed by atoms with E-state index in [0.29, 0.717) is 11.1 Å². The van der Waals surface area contributed by atoms with Gasteiger partial charge in [0.05, 0.1) is 17.0 Å². The van der Waals surface area contributed by atoms with E-state index in [0.717, 1.165) is 58.4 Å². The maximum atomic E-state index is 16.0. The molecular weight excluding hydrogens is 483 g/mol. The van der Waals surface area contributed by atoms with Gasteiger partial charge in [0.25, 0.3) is 0 Å². The quantitative estimate of drug-likeness (QED) is 0.317. The van der Waals surface area contributed by atoms with E-state index in [-0.39, 0.29) is 17.0 Å². The molecule has 1 aliphatic heterocycles. The SMILES string of the molecule is CC1(C)Cc2c([nH]c3c(F)c(-c4ccc(N5CCCCC5)cc4)ccc23)-c2ccc(CS(C)(=O)=O)cc21. The van der Waals surface area contributed by atoms with E-state index in [9.17, 15) is 8.42 Å². The molecule has 1 N–H and O–H groups in total. The lowest BCUT2D eigenvalue weighted by Gasteiger charge is -2.33. The van der Waals surface area contributed by atoms with Crippen molar-refractivity contribution >= 4 is 26.4 Å². The van der Waals surface area contributed by atoms with Crippen molar-refractivity contribution in [1.29, 1.82) is 0 Å². The second kappa shape index (κ2) is 8.73. The van der Waals surface area contributed by atoms with E-state index >= 15 is 4.39 Å². The van der Waals surface area contributed by atoms with Crippen molar-refractivity contribution in [2.24, 2.45) is 0 Å². The monoisotopic (exact) mass is 516 g/mol. The Morgan fingerprint density at radius 2 is 1.65 bits per heavy atom. The van der Waals surface area contributed by atoms with Crippen LogP contribution in [0, 0.1) is 5.82 Å². The highest BCUT2D eigenvalue weighted by Crippen LogP contribution is 2.47. The number of anilines is 1. The number of benzene rings is 3. The summed E-state index contributed by atoms with van der Waals surface area (Å²) in [6, 6.07) is 18.1. The molecule has 1 saturated heterocycles. The fourth-order valence-electron chi connectivity index (χ4n) is 6.22. The van der Waals surface area contributed by atoms with Crippen LogP contribution >= 0.6 is 0 Å². The van der Waals surface area contributed by atoms with Crippen molar-refractivity contribution in [3.05, 3.63) is 77.1 Å². The molecule has 4 nitrogen and oxygen atoms in total. The van der Waals surface area contributed by atoms with Crippen LogP contribution in [0.15, 0.2) is 54.6 Å². The maximum absolute atomic E-state index is 16.0. The lowest BCUT2D eigenvalue weighted by atomic mass is 9.71. The number of aromatic amines is 1. The number of hydrogen-bond donors (Lipinski definition) is 1. The summed E-state index contributed by atoms with van der Waals surface area (Å²) in [6.07, 6.45) is 5.76. The number of hydrogen-bond acceptors (Lipinski definition) is 3. The normalized spacial score (nSPS) is 17.0. The third kappa shape index (κ3) is 4.35. The molecule has 0 amide bonds. The van der Waals surface area contributed by atoms with Crippen LogP contribution in [0.2, 0.25) is 0 Å². The van der Waals surface area contributed by atoms with Crippen molar-refractivity contribution in [2.45, 2.75) is 50.7 Å². The first-order chi connectivity index (χ1) is 17.6. The molecule has 192 valence electrons. The van der Waals surface area contributed by atoms with Gasteiger partial charge in [-0.2, -0.15) is 0 Å². The van der Waals surface area contributed by atoms with E-state index in [1.54, 1.807) is 0 Å². The van der Waals surface area contributed by atoms with Crippen molar-refractivity contribution < 1.29 is 12.8 Å². The van der Waals surface area contributed by atoms with Crippen LogP contribution in [0.4, 0.5) is 10.1 Å². The molecule has 0 radical (unpaired) electrons. The molecule has 1 fully saturated rings. The number of H-pyrrole nitrogens is 1. The van der Waals surface area contributed by atoms with Crippen LogP contribution in [-0.2, 0) is 27.4 Å². The first-order valence-corrected chi connectivity index (χ1v) is 15.2. The molecule has 6 heteroatoms. The summed E-state index contributed by atoms with van der Waals surface area (Å²) in [6.45, 7) is 6.52. The minimum Gasteiger partial charge on any atom is -0.372 e. The van der Waals surface area contributed by atoms with Gasteiger partial charge < -0.3 is 9.88 Å². The Kier molecular flexibility index (Phi) is 5.72. The van der Waals surface area contributed by atoms with E-state index in [1.807, 2.05) is 42.5 Å². The minimum absolute atomic E-state index is 0.0183. The van der Waals surface area contributed by atoms with Gasteiger partial charge in [0.2, 0.25) is 0 Å². The third-order valence-electron chi connectivity index (χ3n) is 8.05. The van der Waals surface area contributed by atoms with Gasteiger partial charge in [0.15, 0.2) is 15.7 Å². The fourth-order valence-corrected chi connectivity index (χ4v) is 7.01. The maximum Gasteiger partial charge on any atom is 0.155 e. The molecule has 0 spiro atoms. The first kappa shape index (κ1) is 24.2. The standard InChI is InChI=1S/C31H33FN2O2S/c1-31(2)18-26-24-14-13-23(21-8-10-22(11-9-21)34-15-5-4-6-16-34)28(32)30(24)33-29(26)25-12-7-20(17-27(25)31)19-37(3,35)36/h7-14,17,33H,4-6,15-16,18-19H2,1-3H3. The van der Waals surface area contributed by atoms with E-state index < -0.39 is 9.84 Å². The number of rotatable bonds is 4. The zero-order chi connectivity index (χ0) is 25.9. The molecule has 2 heterocycles. The highest BCUT2D eigenvalue weighted by molar-refractivity contribution is 7.89. The molecule has 2 aliphatic rings. The molecule has 0 unspecified atom stereocenters. The topological polar surface area (TPSA) is 53.2 Å². The Morgan fingerprint density at radius 3 is 2.35 bits per heavy atom. The molecule has 6 rings (SSSR count). The van der Waals surface area contributed by atoms with Crippen molar-refractivity contribution in [2.75, 3.05) is 24.2 Å². The summed E-state index contributed by atoms with van der Waals surface area (Å²) >= 11 is 0. The van der Waals surface area contributed by atoms with Crippen molar-refractivity contribution in [3.63, 3.8) is 0 Å². The summed E-state index contributed by atoms with van der Waals surface area (Å²) in [5, 5.41) is 0.917. The second-order valence-electron chi connectivity index (χ2n) is 11.4. The van der Waals surface area contributed by atoms with Crippen LogP contribution in [0.25, 0.3) is 33.3 Å². The number of fused-ring (bicyclic) bond motifs is 5. The molecule has 4 aromatic rings. The summed E-state index contributed by atoms with van der Waals surface area (Å²) in [7, 11) is -3.13. The van der Waals surface area contributed by atoms with Crippen LogP contribution in [0.3, 0.4) is 0 Å². The number of halogens is 1. The summed E-state index contributed by atoms with van der Waals surface area (Å²) in [5.41, 5.74) is 7.97. The zero-order valence-corrected chi connectivity index (χ0v) is 22.5. The first-order valence-electron chi connectivity index (χ1n) is 13.1. The van der Waals surface area contributed by atoms with E-state index in [4.69, 9.17) is 0 Å². The van der Waals surface area contributed by atoms with Gasteiger partial charge >= 0.3 is 0 Å². The Morgan fingerprint density at radius 1 is 0.946 bits per heavy atom. The average Bonchev–Trinajstić information content (AvgIpc) is 3.23. The minimum atomic E-state index is -3.13. The number of aromatic nitrogens is 1. The number of sulfone groups is 1. The van der Waals surface area contributed by atoms with Gasteiger partial charge in [-0.25, -0.2) is 12.8 Å². The molecule has 0 bridgehead atoms. The van der Waals surface area contributed by atoms with Crippen LogP contribution in [0.1, 0.15) is 49.8 Å². The van der Waals surface area contributed by atoms with Gasteiger partial charge in [-0.15, -0.1) is 0 Å². The van der Waals surface area contributed by atoms with Crippen molar-refractivity contribution in [3.8, 4) is 22.4 Å². The van der Waals surface area contributed by atoms with Crippen LogP contribution in [0.5, 0.6) is 0 Å². The predicted octanol–water partition coefficient (Wildman–Crippen LogP) is 7.01. The fraction of sp³-hybridized carbons (Fsp3) is 0.355. The number of piperidine rings is 1. The molecule has 37 heavy (non-hydrogen) atoms. The summed E-state index contributed by atoms with van der Waals surface area (Å²) in [4.78, 5) is 5.83. The molecule has 1 aliphatic carbocycles. The van der Waals surface area contributed by atoms with E-state index in [2.05, 4.69) is 35.9 Å². The van der Waals surface area contributed by atoms with Gasteiger partial charge in [-0.1, -0.05) is 56.3 Å². The van der Waals surface area contributed by atoms with Gasteiger partial charge in [-0.3, -0.25) is 0 Å². The highest BCUT2D eigenvalue weighted by Gasteiger charge is 2.34. The Labute approximate surface area is 218 Å². The lowest BCUT2D eigenvalue weighted by molar-refractivity contribution is 0.518. The largest absolute Gasteiger partial charge is 0.372 e. The Hall–Kier alpha value is -3.12. The lowest BCUT2D eigenvalue weighted by Crippen LogP contribution is -2.29. The van der Waals surface area contributed by atoms with Crippen LogP contribution in [-0.4, -0.2) is 32.7 Å². The average molecular weight is 517 g/mol. The second-order valence-corrected chi connectivity index (χ2v) is 13.6. The number of nitrogens with one attached hydrogen (secondary N) is 1. The van der Waals surface area contributed by atoms with Crippen molar-refractivity contribution in [1.82, 2.24) is 4.98 Å². The zero-order valence-electron chi connectivity index (χ0n) is 21.7. The van der Waals surface area contributed by atoms with Gasteiger partial charge in [0.1, 0.15) is 0 Å². The Balaban J connectivity index is 1.41. The molecule has 0 atom stereocenters. The third-order valence-corrected chi connectivity index (χ3v) is 8.91.